The summed E-state index contributed by atoms with van der Waals surface area (Å²) >= 11 is 0. The Morgan fingerprint density at radius 1 is 1.19 bits per heavy atom. The van der Waals surface area contributed by atoms with E-state index in [0.717, 1.165) is 21.2 Å². The Kier molecular flexibility index (Phi) is 7.02. The number of carbonyl (C=O) groups excluding carboxylic acids is 3. The molecule has 2 aromatic rings. The fourth-order valence-corrected chi connectivity index (χ4v) is 4.13. The Hall–Kier alpha value is -3.55. The third-order valence-electron chi connectivity index (χ3n) is 5.80. The molecule has 0 aliphatic carbocycles. The highest BCUT2D eigenvalue weighted by atomic mass is 16.2. The number of hydrogen-bond acceptors (Lipinski definition) is 5. The summed E-state index contributed by atoms with van der Waals surface area (Å²) in [6.07, 6.45) is 1.11. The van der Waals surface area contributed by atoms with Crippen molar-refractivity contribution >= 4 is 28.6 Å². The first kappa shape index (κ1) is 23.1. The molecule has 0 aromatic heterocycles. The van der Waals surface area contributed by atoms with Crippen molar-refractivity contribution in [2.75, 3.05) is 20.6 Å². The second kappa shape index (κ2) is 9.72. The zero-order valence-electron chi connectivity index (χ0n) is 18.8. The van der Waals surface area contributed by atoms with Crippen LogP contribution in [0.5, 0.6) is 0 Å². The van der Waals surface area contributed by atoms with Crippen LogP contribution in [0.15, 0.2) is 54.9 Å². The number of benzene rings is 2. The summed E-state index contributed by atoms with van der Waals surface area (Å²) in [7, 11) is 3.24. The van der Waals surface area contributed by atoms with Gasteiger partial charge in [-0.25, -0.2) is 4.79 Å². The van der Waals surface area contributed by atoms with Gasteiger partial charge in [0.05, 0.1) is 17.8 Å². The van der Waals surface area contributed by atoms with Gasteiger partial charge in [0.1, 0.15) is 6.04 Å². The van der Waals surface area contributed by atoms with Gasteiger partial charge >= 0.3 is 6.03 Å². The van der Waals surface area contributed by atoms with Crippen molar-refractivity contribution in [2.45, 2.75) is 31.8 Å². The second-order valence-corrected chi connectivity index (χ2v) is 8.33. The third kappa shape index (κ3) is 4.69. The number of nitrogens with zero attached hydrogens (tertiary/aromatic N) is 2. The number of urea groups is 1. The maximum atomic E-state index is 13.0. The van der Waals surface area contributed by atoms with Crippen molar-refractivity contribution in [3.8, 4) is 0 Å². The quantitative estimate of drug-likeness (QED) is 0.434. The zero-order chi connectivity index (χ0) is 23.4. The average molecular weight is 438 g/mol. The smallest absolute Gasteiger partial charge is 0.325 e. The van der Waals surface area contributed by atoms with Crippen molar-refractivity contribution in [1.29, 1.82) is 0 Å². The van der Waals surface area contributed by atoms with Crippen LogP contribution in [-0.2, 0) is 9.59 Å². The predicted octanol–water partition coefficient (Wildman–Crippen LogP) is 2.33. The number of likely N-dealkylation sites (tertiary alicyclic amines) is 1. The molecule has 1 heterocycles. The molecule has 0 bridgehead atoms. The van der Waals surface area contributed by atoms with Gasteiger partial charge in [-0.1, -0.05) is 49.0 Å². The lowest BCUT2D eigenvalue weighted by Gasteiger charge is -2.45. The number of likely N-dealkylation sites (N-methyl/N-ethyl adjacent to an activating group) is 1. The van der Waals surface area contributed by atoms with Crippen molar-refractivity contribution in [3.05, 3.63) is 60.4 Å². The Labute approximate surface area is 188 Å². The van der Waals surface area contributed by atoms with E-state index in [-0.39, 0.29) is 17.9 Å². The minimum absolute atomic E-state index is 0.265. The first-order valence-electron chi connectivity index (χ1n) is 10.7. The molecule has 3 rings (SSSR count). The van der Waals surface area contributed by atoms with Gasteiger partial charge in [0.25, 0.3) is 0 Å². The van der Waals surface area contributed by atoms with Crippen LogP contribution in [0.2, 0.25) is 0 Å². The normalized spacial score (nSPS) is 18.6. The topological polar surface area (TPSA) is 108 Å². The van der Waals surface area contributed by atoms with E-state index in [1.807, 2.05) is 49.4 Å². The lowest BCUT2D eigenvalue weighted by molar-refractivity contribution is -0.161. The summed E-state index contributed by atoms with van der Waals surface area (Å²) in [6, 6.07) is 12.1. The molecule has 1 aliphatic rings. The van der Waals surface area contributed by atoms with Crippen molar-refractivity contribution in [3.63, 3.8) is 0 Å². The first-order chi connectivity index (χ1) is 15.2. The molecule has 3 atom stereocenters. The molecule has 2 unspecified atom stereocenters. The Morgan fingerprint density at radius 2 is 1.88 bits per heavy atom. The zero-order valence-corrected chi connectivity index (χ0v) is 18.8. The van der Waals surface area contributed by atoms with Gasteiger partial charge < -0.3 is 21.3 Å². The Balaban J connectivity index is 1.73. The number of amides is 4. The van der Waals surface area contributed by atoms with Crippen molar-refractivity contribution < 1.29 is 14.4 Å². The summed E-state index contributed by atoms with van der Waals surface area (Å²) in [4.78, 5) is 41.1. The highest BCUT2D eigenvalue weighted by Gasteiger charge is 2.54. The minimum atomic E-state index is -0.807. The average Bonchev–Trinajstić information content (AvgIpc) is 2.75. The van der Waals surface area contributed by atoms with Crippen LogP contribution < -0.4 is 16.4 Å². The fraction of sp³-hybridized carbons (Fsp3) is 0.375. The van der Waals surface area contributed by atoms with E-state index in [2.05, 4.69) is 17.2 Å². The molecular formula is C24H31N5O3. The van der Waals surface area contributed by atoms with Crippen LogP contribution >= 0.6 is 0 Å². The van der Waals surface area contributed by atoms with Crippen LogP contribution in [0.4, 0.5) is 4.79 Å². The first-order valence-corrected chi connectivity index (χ1v) is 10.7. The molecule has 1 fully saturated rings. The van der Waals surface area contributed by atoms with Gasteiger partial charge in [0, 0.05) is 20.6 Å². The van der Waals surface area contributed by atoms with Gasteiger partial charge in [-0.05, 0) is 36.1 Å². The summed E-state index contributed by atoms with van der Waals surface area (Å²) in [6.45, 7) is 5.99. The molecule has 2 aromatic carbocycles. The lowest BCUT2D eigenvalue weighted by atomic mass is 9.83. The monoisotopic (exact) mass is 437 g/mol. The van der Waals surface area contributed by atoms with Crippen LogP contribution in [0.1, 0.15) is 31.4 Å². The fourth-order valence-electron chi connectivity index (χ4n) is 4.13. The number of imide groups is 1. The van der Waals surface area contributed by atoms with Gasteiger partial charge in [-0.15, -0.1) is 0 Å². The largest absolute Gasteiger partial charge is 0.386 e. The molecule has 32 heavy (non-hydrogen) atoms. The molecular weight excluding hydrogens is 406 g/mol. The molecule has 1 saturated heterocycles. The number of β-lactam (4-membered cyclic amide) rings is 1. The maximum Gasteiger partial charge on any atom is 0.325 e. The van der Waals surface area contributed by atoms with E-state index in [0.29, 0.717) is 25.2 Å². The van der Waals surface area contributed by atoms with Crippen LogP contribution in [0.25, 0.3) is 10.8 Å². The number of hydrogen-bond donors (Lipinski definition) is 3. The maximum absolute atomic E-state index is 13.0. The van der Waals surface area contributed by atoms with E-state index in [1.165, 1.54) is 4.90 Å². The van der Waals surface area contributed by atoms with E-state index in [1.54, 1.807) is 14.1 Å². The molecule has 170 valence electrons. The highest BCUT2D eigenvalue weighted by Crippen LogP contribution is 2.33. The second-order valence-electron chi connectivity index (χ2n) is 8.33. The predicted molar refractivity (Wildman–Crippen MR) is 124 cm³/mol. The van der Waals surface area contributed by atoms with Crippen molar-refractivity contribution in [1.82, 2.24) is 20.4 Å². The number of fused-ring (bicyclic) bond motifs is 1. The molecule has 0 saturated carbocycles. The van der Waals surface area contributed by atoms with Gasteiger partial charge in [-0.3, -0.25) is 14.5 Å². The number of nitrogens with one attached hydrogen (secondary N) is 2. The summed E-state index contributed by atoms with van der Waals surface area (Å²) in [5, 5.41) is 7.91. The molecule has 8 heteroatoms. The van der Waals surface area contributed by atoms with Crippen LogP contribution in [0.3, 0.4) is 0 Å². The highest BCUT2D eigenvalue weighted by molar-refractivity contribution is 6.08. The molecule has 1 aliphatic heterocycles. The molecule has 4 amide bonds. The molecule has 8 nitrogen and oxygen atoms in total. The van der Waals surface area contributed by atoms with E-state index >= 15 is 0 Å². The lowest BCUT2D eigenvalue weighted by Crippen LogP contribution is -2.69. The van der Waals surface area contributed by atoms with E-state index < -0.39 is 18.0 Å². The van der Waals surface area contributed by atoms with Crippen LogP contribution in [-0.4, -0.2) is 54.3 Å². The van der Waals surface area contributed by atoms with Crippen LogP contribution in [0, 0.1) is 5.92 Å². The molecule has 0 radical (unpaired) electrons. The summed E-state index contributed by atoms with van der Waals surface area (Å²) in [5.74, 6) is -0.774. The van der Waals surface area contributed by atoms with Crippen molar-refractivity contribution in [2.24, 2.45) is 11.7 Å². The summed E-state index contributed by atoms with van der Waals surface area (Å²) in [5.41, 5.74) is 6.44. The molecule has 4 N–H and O–H groups in total. The minimum Gasteiger partial charge on any atom is -0.386 e. The Morgan fingerprint density at radius 3 is 2.56 bits per heavy atom. The van der Waals surface area contributed by atoms with Gasteiger partial charge in [-0.2, -0.15) is 0 Å². The Bertz CT molecular complexity index is 1030. The van der Waals surface area contributed by atoms with Gasteiger partial charge in [0.15, 0.2) is 0 Å². The SMILES string of the molecule is C=C(N)NCCC[C@H]1C(=O)N(C(=O)NC(C)c2cccc3ccccc23)C1C(=O)N(C)C. The molecule has 0 spiro atoms. The number of rotatable bonds is 8. The number of nitrogens with two attached hydrogens (primary N) is 1. The van der Waals surface area contributed by atoms with E-state index in [4.69, 9.17) is 5.73 Å². The standard InChI is InChI=1S/C24H31N5O3/c1-15(18-12-7-10-17-9-5-6-11-19(17)18)27-24(32)29-21(23(31)28(3)4)20(22(29)30)13-8-14-26-16(2)25/h5-7,9-12,15,20-21,26H,2,8,13-14,25H2,1,3-4H3,(H,27,32)/t15?,20-,21?/m1/s1. The number of carbonyl (C=O) groups is 3. The summed E-state index contributed by atoms with van der Waals surface area (Å²) < 4.78 is 0. The van der Waals surface area contributed by atoms with Gasteiger partial charge in [0.2, 0.25) is 11.8 Å². The third-order valence-corrected chi connectivity index (χ3v) is 5.80. The van der Waals surface area contributed by atoms with E-state index in [9.17, 15) is 14.4 Å².